The van der Waals surface area contributed by atoms with E-state index in [2.05, 4.69) is 10.2 Å². The lowest BCUT2D eigenvalue weighted by Crippen LogP contribution is -2.49. The van der Waals surface area contributed by atoms with Crippen LogP contribution in [-0.4, -0.2) is 73.0 Å². The molecule has 1 saturated carbocycles. The molecule has 4 rings (SSSR count). The van der Waals surface area contributed by atoms with E-state index in [4.69, 9.17) is 15.6 Å². The first-order valence-corrected chi connectivity index (χ1v) is 10.2. The van der Waals surface area contributed by atoms with E-state index in [-0.39, 0.29) is 28.7 Å². The molecule has 0 bridgehead atoms. The molecule has 32 heavy (non-hydrogen) atoms. The smallest absolute Gasteiger partial charge is 0.329 e. The first kappa shape index (κ1) is 22.0. The van der Waals surface area contributed by atoms with Gasteiger partial charge >= 0.3 is 12.0 Å². The molecule has 1 aromatic heterocycles. The normalized spacial score (nSPS) is 18.0. The highest BCUT2D eigenvalue weighted by Crippen LogP contribution is 2.49. The number of carbonyl (C=O) groups is 3. The predicted molar refractivity (Wildman–Crippen MR) is 103 cm³/mol. The third kappa shape index (κ3) is 3.65. The average Bonchev–Trinajstić information content (AvgIpc) is 3.36. The van der Waals surface area contributed by atoms with Crippen LogP contribution in [0.3, 0.4) is 0 Å². The molecular formula is C18H17F2N5O6S. The topological polar surface area (TPSA) is 159 Å². The first-order valence-electron chi connectivity index (χ1n) is 9.36. The maximum absolute atomic E-state index is 14.2. The van der Waals surface area contributed by atoms with Crippen LogP contribution in [0.1, 0.15) is 17.8 Å². The van der Waals surface area contributed by atoms with Crippen LogP contribution in [0.25, 0.3) is 10.6 Å². The number of hydrogen-bond donors (Lipinski definition) is 3. The number of aliphatic carboxylic acids is 1. The Bertz CT molecular complexity index is 1110. The van der Waals surface area contributed by atoms with Gasteiger partial charge in [-0.15, -0.1) is 10.2 Å². The van der Waals surface area contributed by atoms with Gasteiger partial charge < -0.3 is 25.6 Å². The number of carboxylic acids is 1. The van der Waals surface area contributed by atoms with E-state index in [0.29, 0.717) is 12.8 Å². The number of nitrogens with zero attached hydrogens (tertiary/aromatic N) is 4. The number of halogens is 2. The zero-order valence-electron chi connectivity index (χ0n) is 16.3. The second-order valence-corrected chi connectivity index (χ2v) is 8.37. The van der Waals surface area contributed by atoms with Crippen LogP contribution in [-0.2, 0) is 20.9 Å². The molecule has 14 heteroatoms. The molecule has 4 N–H and O–H groups in total. The molecule has 2 fully saturated rings. The number of urea groups is 1. The molecule has 0 radical (unpaired) electrons. The van der Waals surface area contributed by atoms with Crippen molar-refractivity contribution in [2.45, 2.75) is 31.1 Å². The largest absolute Gasteiger partial charge is 0.503 e. The van der Waals surface area contributed by atoms with Crippen molar-refractivity contribution in [2.24, 2.45) is 5.73 Å². The molecule has 2 aliphatic rings. The molecule has 2 aromatic rings. The fraction of sp³-hybridized carbons (Fsp3) is 0.389. The molecule has 0 unspecified atom stereocenters. The second-order valence-electron chi connectivity index (χ2n) is 7.31. The van der Waals surface area contributed by atoms with E-state index in [9.17, 15) is 28.3 Å². The van der Waals surface area contributed by atoms with Crippen LogP contribution in [0.15, 0.2) is 12.1 Å². The Morgan fingerprint density at radius 2 is 2.03 bits per heavy atom. The van der Waals surface area contributed by atoms with Crippen LogP contribution >= 0.6 is 11.3 Å². The number of aromatic nitrogens is 2. The number of carboxylic acid groups (broad SMARTS) is 1. The molecule has 1 spiro atoms. The van der Waals surface area contributed by atoms with Gasteiger partial charge in [-0.1, -0.05) is 11.3 Å². The quantitative estimate of drug-likeness (QED) is 0.477. The van der Waals surface area contributed by atoms with Gasteiger partial charge in [-0.05, 0) is 25.0 Å². The lowest BCUT2D eigenvalue weighted by molar-refractivity contribution is -0.142. The van der Waals surface area contributed by atoms with Crippen molar-refractivity contribution in [1.29, 1.82) is 0 Å². The maximum Gasteiger partial charge on any atom is 0.329 e. The Labute approximate surface area is 183 Å². The minimum atomic E-state index is -1.21. The number of imide groups is 1. The lowest BCUT2D eigenvalue weighted by Gasteiger charge is -2.22. The molecule has 1 aliphatic heterocycles. The van der Waals surface area contributed by atoms with Crippen molar-refractivity contribution in [3.63, 3.8) is 0 Å². The van der Waals surface area contributed by atoms with Gasteiger partial charge in [-0.2, -0.15) is 0 Å². The zero-order chi connectivity index (χ0) is 23.2. The fourth-order valence-electron chi connectivity index (χ4n) is 3.46. The summed E-state index contributed by atoms with van der Waals surface area (Å²) in [6, 6.07) is 1.32. The minimum Gasteiger partial charge on any atom is -0.503 e. The van der Waals surface area contributed by atoms with E-state index in [1.807, 2.05) is 0 Å². The summed E-state index contributed by atoms with van der Waals surface area (Å²) >= 11 is 0.919. The van der Waals surface area contributed by atoms with Crippen LogP contribution in [0.5, 0.6) is 5.75 Å². The summed E-state index contributed by atoms with van der Waals surface area (Å²) in [5.41, 5.74) is 4.67. The Morgan fingerprint density at radius 3 is 2.69 bits per heavy atom. The molecule has 3 amide bonds. The summed E-state index contributed by atoms with van der Waals surface area (Å²) in [6.45, 7) is -1.07. The molecule has 2 heterocycles. The van der Waals surface area contributed by atoms with Crippen LogP contribution < -0.4 is 5.73 Å². The molecule has 1 saturated heterocycles. The van der Waals surface area contributed by atoms with Crippen LogP contribution in [0.4, 0.5) is 13.6 Å². The van der Waals surface area contributed by atoms with E-state index in [1.165, 1.54) is 4.90 Å². The number of benzene rings is 1. The van der Waals surface area contributed by atoms with Crippen molar-refractivity contribution in [2.75, 3.05) is 13.2 Å². The first-order chi connectivity index (χ1) is 15.2. The molecule has 1 aromatic carbocycles. The summed E-state index contributed by atoms with van der Waals surface area (Å²) in [4.78, 5) is 38.5. The van der Waals surface area contributed by atoms with Crippen molar-refractivity contribution in [1.82, 2.24) is 20.0 Å². The van der Waals surface area contributed by atoms with E-state index in [0.717, 1.165) is 28.4 Å². The number of hydrogen-bond acceptors (Lipinski definition) is 9. The van der Waals surface area contributed by atoms with E-state index < -0.39 is 53.6 Å². The Kier molecular flexibility index (Phi) is 5.52. The summed E-state index contributed by atoms with van der Waals surface area (Å²) in [5.74, 6) is -5.15. The summed E-state index contributed by atoms with van der Waals surface area (Å²) in [6.07, 6.45) is -0.329. The van der Waals surface area contributed by atoms with Crippen LogP contribution in [0, 0.1) is 11.6 Å². The van der Waals surface area contributed by atoms with Crippen LogP contribution in [0.2, 0.25) is 0 Å². The molecule has 1 atom stereocenters. The molecule has 1 aliphatic carbocycles. The predicted octanol–water partition coefficient (Wildman–Crippen LogP) is 0.872. The Hall–Kier alpha value is -3.23. The van der Waals surface area contributed by atoms with E-state index >= 15 is 0 Å². The van der Waals surface area contributed by atoms with Gasteiger partial charge in [-0.3, -0.25) is 4.79 Å². The monoisotopic (exact) mass is 469 g/mol. The van der Waals surface area contributed by atoms with Crippen molar-refractivity contribution >= 4 is 29.2 Å². The summed E-state index contributed by atoms with van der Waals surface area (Å²) in [5, 5.41) is 26.2. The van der Waals surface area contributed by atoms with Gasteiger partial charge in [0.2, 0.25) is 0 Å². The summed E-state index contributed by atoms with van der Waals surface area (Å²) < 4.78 is 32.4. The Balaban J connectivity index is 1.51. The number of nitrogens with two attached hydrogens (primary N) is 1. The van der Waals surface area contributed by atoms with E-state index in [1.54, 1.807) is 0 Å². The third-order valence-corrected chi connectivity index (χ3v) is 6.14. The second kappa shape index (κ2) is 8.03. The molecule has 11 nitrogen and oxygen atoms in total. The van der Waals surface area contributed by atoms with Gasteiger partial charge in [-0.25, -0.2) is 23.3 Å². The number of carbonyl (C=O) groups excluding carboxylic acids is 2. The van der Waals surface area contributed by atoms with Gasteiger partial charge in [0.1, 0.15) is 23.3 Å². The van der Waals surface area contributed by atoms with Gasteiger partial charge in [0.15, 0.2) is 22.4 Å². The highest BCUT2D eigenvalue weighted by atomic mass is 32.1. The molecule has 170 valence electrons. The lowest BCUT2D eigenvalue weighted by atomic mass is 10.2. The maximum atomic E-state index is 14.2. The zero-order valence-corrected chi connectivity index (χ0v) is 17.1. The van der Waals surface area contributed by atoms with Crippen molar-refractivity contribution < 1.29 is 38.1 Å². The molecular weight excluding hydrogens is 452 g/mol. The SMILES string of the molecule is N[C@@H](COCC(=O)O)N1C(=O)N(Cc2nnc(-c3ccc(F)c(O)c3F)s2)C2(CC2)C1=O. The fourth-order valence-corrected chi connectivity index (χ4v) is 4.31. The number of aromatic hydroxyl groups is 1. The summed E-state index contributed by atoms with van der Waals surface area (Å²) in [7, 11) is 0. The number of phenols is 1. The average molecular weight is 469 g/mol. The number of phenolic OH excluding ortho intramolecular Hbond substituents is 1. The van der Waals surface area contributed by atoms with Gasteiger partial charge in [0, 0.05) is 0 Å². The highest BCUT2D eigenvalue weighted by molar-refractivity contribution is 7.14. The number of ether oxygens (including phenoxy) is 1. The third-order valence-electron chi connectivity index (χ3n) is 5.20. The van der Waals surface area contributed by atoms with Gasteiger partial charge in [0.05, 0.1) is 18.7 Å². The van der Waals surface area contributed by atoms with Crippen molar-refractivity contribution in [3.8, 4) is 16.3 Å². The number of amides is 3. The standard InChI is InChI=1S/C18H17F2N5O6S/c19-9-2-1-8(13(20)14(9)28)15-23-22-11(32-15)5-24-17(30)25(16(29)18(24)3-4-18)10(21)6-31-7-12(26)27/h1-2,10,28H,3-7,21H2,(H,26,27)/t10-/m1/s1. The highest BCUT2D eigenvalue weighted by Gasteiger charge is 2.65. The Morgan fingerprint density at radius 1 is 1.31 bits per heavy atom. The van der Waals surface area contributed by atoms with Gasteiger partial charge in [0.25, 0.3) is 5.91 Å². The number of rotatable bonds is 8. The van der Waals surface area contributed by atoms with Crippen molar-refractivity contribution in [3.05, 3.63) is 28.8 Å². The minimum absolute atomic E-state index is 0.0613.